The van der Waals surface area contributed by atoms with E-state index < -0.39 is 0 Å². The molecule has 0 fully saturated rings. The maximum atomic E-state index is 12.4. The number of carbonyl (C=O) groups excluding carboxylic acids is 1. The third-order valence-electron chi connectivity index (χ3n) is 4.64. The predicted molar refractivity (Wildman–Crippen MR) is 106 cm³/mol. The highest BCUT2D eigenvalue weighted by Crippen LogP contribution is 2.23. The Morgan fingerprint density at radius 3 is 2.73 bits per heavy atom. The maximum absolute atomic E-state index is 12.4. The summed E-state index contributed by atoms with van der Waals surface area (Å²) in [5.41, 5.74) is 5.96. The average molecular weight is 415 g/mol. The molecule has 0 saturated heterocycles. The lowest BCUT2D eigenvalue weighted by Gasteiger charge is -2.16. The number of fused-ring (bicyclic) bond motifs is 1. The summed E-state index contributed by atoms with van der Waals surface area (Å²) in [6.45, 7) is 7.98. The van der Waals surface area contributed by atoms with Crippen molar-refractivity contribution in [3.8, 4) is 0 Å². The summed E-state index contributed by atoms with van der Waals surface area (Å²) in [5.74, 6) is 0.0313. The fourth-order valence-corrected chi connectivity index (χ4v) is 3.89. The summed E-state index contributed by atoms with van der Waals surface area (Å²) in [6, 6.07) is 9.86. The smallest absolute Gasteiger partial charge is 0.220 e. The van der Waals surface area contributed by atoms with Gasteiger partial charge in [-0.05, 0) is 51.3 Å². The lowest BCUT2D eigenvalue weighted by Crippen LogP contribution is -2.27. The molecule has 136 valence electrons. The Morgan fingerprint density at radius 2 is 2.00 bits per heavy atom. The molecule has 2 heterocycles. The summed E-state index contributed by atoms with van der Waals surface area (Å²) in [5, 5.41) is 7.56. The van der Waals surface area contributed by atoms with Crippen molar-refractivity contribution in [2.75, 3.05) is 0 Å². The minimum atomic E-state index is -0.0466. The van der Waals surface area contributed by atoms with Crippen molar-refractivity contribution >= 4 is 27.5 Å². The minimum Gasteiger partial charge on any atom is -0.350 e. The van der Waals surface area contributed by atoms with Crippen molar-refractivity contribution in [2.45, 2.75) is 46.6 Å². The summed E-state index contributed by atoms with van der Waals surface area (Å²) >= 11 is 3.54. The molecule has 0 aliphatic rings. The van der Waals surface area contributed by atoms with Gasteiger partial charge in [0.1, 0.15) is 0 Å². The maximum Gasteiger partial charge on any atom is 0.220 e. The second-order valence-corrected chi connectivity index (χ2v) is 7.48. The summed E-state index contributed by atoms with van der Waals surface area (Å²) < 4.78 is 2.86. The highest BCUT2D eigenvalue weighted by Gasteiger charge is 2.15. The van der Waals surface area contributed by atoms with Crippen LogP contribution in [0, 0.1) is 20.8 Å². The van der Waals surface area contributed by atoms with E-state index in [0.29, 0.717) is 12.8 Å². The quantitative estimate of drug-likeness (QED) is 0.679. The number of benzene rings is 1. The van der Waals surface area contributed by atoms with Crippen LogP contribution in [0.5, 0.6) is 0 Å². The molecule has 3 rings (SSSR count). The first kappa shape index (κ1) is 18.6. The van der Waals surface area contributed by atoms with Crippen LogP contribution >= 0.6 is 15.9 Å². The van der Waals surface area contributed by atoms with Crippen molar-refractivity contribution in [1.29, 1.82) is 0 Å². The number of rotatable bonds is 5. The van der Waals surface area contributed by atoms with Gasteiger partial charge in [0.05, 0.1) is 11.7 Å². The summed E-state index contributed by atoms with van der Waals surface area (Å²) in [6.07, 6.45) is 1.07. The van der Waals surface area contributed by atoms with Crippen molar-refractivity contribution in [3.63, 3.8) is 0 Å². The van der Waals surface area contributed by atoms with Gasteiger partial charge in [0.2, 0.25) is 5.91 Å². The van der Waals surface area contributed by atoms with Gasteiger partial charge >= 0.3 is 0 Å². The van der Waals surface area contributed by atoms with Gasteiger partial charge in [-0.15, -0.1) is 0 Å². The van der Waals surface area contributed by atoms with E-state index in [4.69, 9.17) is 0 Å². The van der Waals surface area contributed by atoms with Crippen LogP contribution in [0.2, 0.25) is 0 Å². The SMILES string of the molecule is Cc1cc2nc(C)c(CCC(=O)NC(C)c3ccccc3Br)c(C)n2n1. The van der Waals surface area contributed by atoms with Crippen LogP contribution in [0.3, 0.4) is 0 Å². The standard InChI is InChI=1S/C20H23BrN4O/c1-12-11-19-22-13(2)16(15(4)25(19)24-12)9-10-20(26)23-14(3)17-7-5-6-8-18(17)21/h5-8,11,14H,9-10H2,1-4H3,(H,23,26). The molecule has 0 aliphatic carbocycles. The molecule has 6 heteroatoms. The first-order valence-corrected chi connectivity index (χ1v) is 9.52. The zero-order valence-electron chi connectivity index (χ0n) is 15.5. The van der Waals surface area contributed by atoms with Crippen LogP contribution in [-0.4, -0.2) is 20.5 Å². The first-order valence-electron chi connectivity index (χ1n) is 8.73. The Kier molecular flexibility index (Phi) is 5.41. The van der Waals surface area contributed by atoms with E-state index in [9.17, 15) is 4.79 Å². The molecule has 0 saturated carbocycles. The van der Waals surface area contributed by atoms with E-state index in [1.807, 2.05) is 62.5 Å². The number of hydrogen-bond acceptors (Lipinski definition) is 3. The van der Waals surface area contributed by atoms with Crippen molar-refractivity contribution in [1.82, 2.24) is 19.9 Å². The Hall–Kier alpha value is -2.21. The van der Waals surface area contributed by atoms with Gasteiger partial charge in [-0.25, -0.2) is 9.50 Å². The molecule has 0 bridgehead atoms. The topological polar surface area (TPSA) is 59.3 Å². The second-order valence-electron chi connectivity index (χ2n) is 6.63. The van der Waals surface area contributed by atoms with Gasteiger partial charge in [0, 0.05) is 28.3 Å². The van der Waals surface area contributed by atoms with Crippen LogP contribution in [-0.2, 0) is 11.2 Å². The van der Waals surface area contributed by atoms with E-state index in [2.05, 4.69) is 31.3 Å². The summed E-state index contributed by atoms with van der Waals surface area (Å²) in [4.78, 5) is 17.1. The zero-order chi connectivity index (χ0) is 18.8. The van der Waals surface area contributed by atoms with E-state index >= 15 is 0 Å². The number of aromatic nitrogens is 3. The molecule has 0 aliphatic heterocycles. The van der Waals surface area contributed by atoms with Crippen LogP contribution in [0.25, 0.3) is 5.65 Å². The molecule has 0 spiro atoms. The number of carbonyl (C=O) groups is 1. The lowest BCUT2D eigenvalue weighted by atomic mass is 10.1. The van der Waals surface area contributed by atoms with Crippen molar-refractivity contribution in [3.05, 3.63) is 63.0 Å². The average Bonchev–Trinajstić information content (AvgIpc) is 2.95. The van der Waals surface area contributed by atoms with Crippen molar-refractivity contribution < 1.29 is 4.79 Å². The molecule has 2 aromatic heterocycles. The second kappa shape index (κ2) is 7.58. The molecule has 0 radical (unpaired) electrons. The monoisotopic (exact) mass is 414 g/mol. The van der Waals surface area contributed by atoms with Crippen LogP contribution < -0.4 is 5.32 Å². The Balaban J connectivity index is 1.70. The molecular weight excluding hydrogens is 392 g/mol. The van der Waals surface area contributed by atoms with Gasteiger partial charge in [0.15, 0.2) is 5.65 Å². The molecule has 1 aromatic carbocycles. The Labute approximate surface area is 162 Å². The number of aryl methyl sites for hydroxylation is 3. The molecule has 26 heavy (non-hydrogen) atoms. The van der Waals surface area contributed by atoms with E-state index in [1.165, 1.54) is 0 Å². The van der Waals surface area contributed by atoms with Crippen LogP contribution in [0.15, 0.2) is 34.8 Å². The highest BCUT2D eigenvalue weighted by atomic mass is 79.9. The molecule has 1 unspecified atom stereocenters. The van der Waals surface area contributed by atoms with Crippen LogP contribution in [0.1, 0.15) is 47.6 Å². The fourth-order valence-electron chi connectivity index (χ4n) is 3.26. The normalized spacial score (nSPS) is 12.3. The number of nitrogens with zero attached hydrogens (tertiary/aromatic N) is 3. The van der Waals surface area contributed by atoms with E-state index in [0.717, 1.165) is 38.3 Å². The first-order chi connectivity index (χ1) is 12.4. The molecular formula is C20H23BrN4O. The Bertz CT molecular complexity index is 964. The number of hydrogen-bond donors (Lipinski definition) is 1. The van der Waals surface area contributed by atoms with Gasteiger partial charge in [-0.2, -0.15) is 5.10 Å². The fraction of sp³-hybridized carbons (Fsp3) is 0.350. The third-order valence-corrected chi connectivity index (χ3v) is 5.36. The Morgan fingerprint density at radius 1 is 1.27 bits per heavy atom. The largest absolute Gasteiger partial charge is 0.350 e. The highest BCUT2D eigenvalue weighted by molar-refractivity contribution is 9.10. The van der Waals surface area contributed by atoms with Gasteiger partial charge in [-0.3, -0.25) is 4.79 Å². The number of nitrogens with one attached hydrogen (secondary N) is 1. The van der Waals surface area contributed by atoms with Gasteiger partial charge < -0.3 is 5.32 Å². The van der Waals surface area contributed by atoms with E-state index in [1.54, 1.807) is 0 Å². The van der Waals surface area contributed by atoms with Crippen LogP contribution in [0.4, 0.5) is 0 Å². The summed E-state index contributed by atoms with van der Waals surface area (Å²) in [7, 11) is 0. The van der Waals surface area contributed by atoms with Crippen molar-refractivity contribution in [2.24, 2.45) is 0 Å². The molecule has 1 amide bonds. The lowest BCUT2D eigenvalue weighted by molar-refractivity contribution is -0.121. The van der Waals surface area contributed by atoms with Gasteiger partial charge in [0.25, 0.3) is 0 Å². The minimum absolute atomic E-state index is 0.0313. The molecule has 1 N–H and O–H groups in total. The van der Waals surface area contributed by atoms with Gasteiger partial charge in [-0.1, -0.05) is 34.1 Å². The number of amides is 1. The third kappa shape index (κ3) is 3.80. The molecule has 3 aromatic rings. The molecule has 5 nitrogen and oxygen atoms in total. The predicted octanol–water partition coefficient (Wildman–Crippen LogP) is 4.23. The zero-order valence-corrected chi connectivity index (χ0v) is 17.1. The number of halogens is 1. The molecule has 1 atom stereocenters. The van der Waals surface area contributed by atoms with E-state index in [-0.39, 0.29) is 11.9 Å².